The first-order chi connectivity index (χ1) is 11.1. The lowest BCUT2D eigenvalue weighted by molar-refractivity contribution is -0.214. The Hall–Kier alpha value is -1.47. The molecule has 0 saturated heterocycles. The Morgan fingerprint density at radius 3 is 1.50 bits per heavy atom. The molecule has 0 aromatic rings. The first-order valence-electron chi connectivity index (χ1n) is 7.69. The standard InChI is InChI=1S/C15H26N2O2.H3O4P/c1-5-10-16(14(18)7-3)12-9-13-17(11-6-2)15(19)8-4;1-5(2,3)4/h7-8H,3-6,9-13H2,1-2H3;(H3,1,2,3,4). The van der Waals surface area contributed by atoms with Crippen LogP contribution in [0.25, 0.3) is 0 Å². The summed E-state index contributed by atoms with van der Waals surface area (Å²) >= 11 is 0. The minimum atomic E-state index is -4.89. The Kier molecular flexibility index (Phi) is 14.4. The molecule has 0 rings (SSSR count). The molecule has 0 heterocycles. The fraction of sp³-hybridized carbons (Fsp3) is 0.600. The molecule has 2 N–H and O–H groups in total. The molecular weight excluding hydrogens is 335 g/mol. The van der Waals surface area contributed by atoms with Crippen LogP contribution in [0, 0.1) is 0 Å². The molecule has 0 fully saturated rings. The average molecular weight is 364 g/mol. The highest BCUT2D eigenvalue weighted by Crippen LogP contribution is 2.18. The fourth-order valence-corrected chi connectivity index (χ4v) is 1.91. The first kappa shape index (κ1) is 24.8. The SMILES string of the molecule is C=CC(=O)N(CCC)CCCN(CCC)C(=O)C=C.O=P([O-])(O)O.[H+]. The summed E-state index contributed by atoms with van der Waals surface area (Å²) < 4.78 is 8.77. The monoisotopic (exact) mass is 364 g/mol. The predicted molar refractivity (Wildman–Crippen MR) is 91.9 cm³/mol. The molecule has 0 aromatic heterocycles. The van der Waals surface area contributed by atoms with Gasteiger partial charge >= 0.3 is 1.43 Å². The molecule has 140 valence electrons. The third-order valence-electron chi connectivity index (χ3n) is 2.82. The molecule has 0 saturated carbocycles. The molecule has 0 aromatic carbocycles. The topological polar surface area (TPSA) is 121 Å². The van der Waals surface area contributed by atoms with E-state index in [1.54, 1.807) is 9.80 Å². The van der Waals surface area contributed by atoms with Gasteiger partial charge < -0.3 is 24.5 Å². The minimum Gasteiger partial charge on any atom is -0.756 e. The van der Waals surface area contributed by atoms with Gasteiger partial charge in [0, 0.05) is 26.2 Å². The molecule has 0 radical (unpaired) electrons. The van der Waals surface area contributed by atoms with Crippen LogP contribution in [0.2, 0.25) is 0 Å². The first-order valence-corrected chi connectivity index (χ1v) is 9.22. The average Bonchev–Trinajstić information content (AvgIpc) is 2.50. The number of amides is 2. The third-order valence-corrected chi connectivity index (χ3v) is 2.82. The van der Waals surface area contributed by atoms with Crippen molar-refractivity contribution in [2.24, 2.45) is 0 Å². The van der Waals surface area contributed by atoms with Crippen LogP contribution in [-0.2, 0) is 14.2 Å². The van der Waals surface area contributed by atoms with Gasteiger partial charge in [-0.1, -0.05) is 27.0 Å². The molecular formula is C15H29N2O6P. The van der Waals surface area contributed by atoms with Crippen LogP contribution in [0.3, 0.4) is 0 Å². The summed E-state index contributed by atoms with van der Waals surface area (Å²) in [5.74, 6) is -0.0853. The van der Waals surface area contributed by atoms with Crippen molar-refractivity contribution in [1.82, 2.24) is 9.80 Å². The highest BCUT2D eigenvalue weighted by Gasteiger charge is 2.12. The second-order valence-corrected chi connectivity index (χ2v) is 5.88. The van der Waals surface area contributed by atoms with Gasteiger partial charge in [-0.2, -0.15) is 0 Å². The van der Waals surface area contributed by atoms with Crippen LogP contribution < -0.4 is 4.89 Å². The third kappa shape index (κ3) is 15.4. The molecule has 0 aliphatic carbocycles. The van der Waals surface area contributed by atoms with Gasteiger partial charge in [-0.25, -0.2) is 0 Å². The van der Waals surface area contributed by atoms with Crippen molar-refractivity contribution in [3.63, 3.8) is 0 Å². The van der Waals surface area contributed by atoms with Crippen LogP contribution in [0.5, 0.6) is 0 Å². The molecule has 8 nitrogen and oxygen atoms in total. The number of hydrogen-bond donors (Lipinski definition) is 2. The normalized spacial score (nSPS) is 10.2. The van der Waals surface area contributed by atoms with E-state index in [0.717, 1.165) is 32.4 Å². The van der Waals surface area contributed by atoms with Gasteiger partial charge in [0.1, 0.15) is 0 Å². The highest BCUT2D eigenvalue weighted by atomic mass is 31.2. The van der Waals surface area contributed by atoms with Gasteiger partial charge in [0.2, 0.25) is 11.8 Å². The molecule has 0 atom stereocenters. The Morgan fingerprint density at radius 2 is 1.29 bits per heavy atom. The van der Waals surface area contributed by atoms with Crippen LogP contribution in [0.15, 0.2) is 25.3 Å². The van der Waals surface area contributed by atoms with E-state index in [0.29, 0.717) is 13.1 Å². The molecule has 0 aliphatic heterocycles. The number of phosphoric acid groups is 1. The second kappa shape index (κ2) is 13.9. The number of carbonyl (C=O) groups excluding carboxylic acids is 2. The van der Waals surface area contributed by atoms with Gasteiger partial charge in [-0.15, -0.1) is 0 Å². The fourth-order valence-electron chi connectivity index (χ4n) is 1.91. The minimum absolute atomic E-state index is 0. The quantitative estimate of drug-likeness (QED) is 0.436. The Labute approximate surface area is 145 Å². The Balaban J connectivity index is -0.000000704. The molecule has 2 amide bonds. The van der Waals surface area contributed by atoms with E-state index in [-0.39, 0.29) is 13.2 Å². The zero-order valence-electron chi connectivity index (χ0n) is 15.4. The van der Waals surface area contributed by atoms with E-state index >= 15 is 0 Å². The maximum atomic E-state index is 11.6. The summed E-state index contributed by atoms with van der Waals surface area (Å²) in [6.45, 7) is 13.9. The summed E-state index contributed by atoms with van der Waals surface area (Å²) in [5.41, 5.74) is 0. The van der Waals surface area contributed by atoms with Gasteiger partial charge in [-0.3, -0.25) is 14.2 Å². The van der Waals surface area contributed by atoms with Gasteiger partial charge in [-0.05, 0) is 31.4 Å². The van der Waals surface area contributed by atoms with Crippen molar-refractivity contribution < 1.29 is 30.3 Å². The maximum absolute atomic E-state index is 11.6. The summed E-state index contributed by atoms with van der Waals surface area (Å²) in [5, 5.41) is 0. The lowest BCUT2D eigenvalue weighted by atomic mass is 10.3. The lowest BCUT2D eigenvalue weighted by Gasteiger charge is -2.24. The molecule has 0 aliphatic rings. The molecule has 0 bridgehead atoms. The van der Waals surface area contributed by atoms with E-state index in [1.165, 1.54) is 12.2 Å². The molecule has 0 spiro atoms. The van der Waals surface area contributed by atoms with Gasteiger partial charge in [0.15, 0.2) is 0 Å². The summed E-state index contributed by atoms with van der Waals surface area (Å²) in [7, 11) is -4.89. The Bertz CT molecular complexity index is 417. The zero-order valence-corrected chi connectivity index (χ0v) is 15.3. The van der Waals surface area contributed by atoms with Crippen LogP contribution in [-0.4, -0.2) is 57.6 Å². The maximum Gasteiger partial charge on any atom is 1.00 e. The highest BCUT2D eigenvalue weighted by molar-refractivity contribution is 7.43. The smallest absolute Gasteiger partial charge is 0.756 e. The molecule has 0 unspecified atom stereocenters. The van der Waals surface area contributed by atoms with E-state index in [2.05, 4.69) is 13.2 Å². The summed E-state index contributed by atoms with van der Waals surface area (Å²) in [6.07, 6.45) is 5.30. The van der Waals surface area contributed by atoms with Crippen LogP contribution in [0.4, 0.5) is 0 Å². The summed E-state index contributed by atoms with van der Waals surface area (Å²) in [6, 6.07) is 0. The van der Waals surface area contributed by atoms with Crippen LogP contribution in [0.1, 0.15) is 34.5 Å². The van der Waals surface area contributed by atoms with Crippen molar-refractivity contribution in [2.45, 2.75) is 33.1 Å². The lowest BCUT2D eigenvalue weighted by Crippen LogP contribution is -2.36. The number of hydrogen-bond acceptors (Lipinski definition) is 4. The van der Waals surface area contributed by atoms with E-state index in [9.17, 15) is 9.59 Å². The van der Waals surface area contributed by atoms with Crippen molar-refractivity contribution >= 4 is 19.6 Å². The van der Waals surface area contributed by atoms with Crippen molar-refractivity contribution in [3.8, 4) is 0 Å². The largest absolute Gasteiger partial charge is 1.00 e. The number of rotatable bonds is 10. The number of carbonyl (C=O) groups is 2. The predicted octanol–water partition coefficient (Wildman–Crippen LogP) is 0.778. The summed E-state index contributed by atoms with van der Waals surface area (Å²) in [4.78, 5) is 49.7. The molecule has 9 heteroatoms. The van der Waals surface area contributed by atoms with Gasteiger partial charge in [0.05, 0.1) is 0 Å². The Morgan fingerprint density at radius 1 is 1.00 bits per heavy atom. The van der Waals surface area contributed by atoms with Gasteiger partial charge in [0.25, 0.3) is 7.82 Å². The van der Waals surface area contributed by atoms with E-state index in [1.807, 2.05) is 13.8 Å². The van der Waals surface area contributed by atoms with Crippen molar-refractivity contribution in [2.75, 3.05) is 26.2 Å². The van der Waals surface area contributed by atoms with E-state index < -0.39 is 7.82 Å². The number of nitrogens with zero attached hydrogens (tertiary/aromatic N) is 2. The second-order valence-electron chi connectivity index (χ2n) is 4.90. The zero-order chi connectivity index (χ0) is 19.2. The molecule has 24 heavy (non-hydrogen) atoms. The van der Waals surface area contributed by atoms with Crippen molar-refractivity contribution in [3.05, 3.63) is 25.3 Å². The van der Waals surface area contributed by atoms with E-state index in [4.69, 9.17) is 19.2 Å². The van der Waals surface area contributed by atoms with Crippen LogP contribution >= 0.6 is 7.82 Å². The van der Waals surface area contributed by atoms with Crippen molar-refractivity contribution in [1.29, 1.82) is 0 Å².